The van der Waals surface area contributed by atoms with Gasteiger partial charge in [0.05, 0.1) is 11.1 Å². The molecule has 0 spiro atoms. The molecule has 31 heavy (non-hydrogen) atoms. The van der Waals surface area contributed by atoms with E-state index in [1.807, 2.05) is 6.92 Å². The molecule has 0 amide bonds. The average molecular weight is 423 g/mol. The van der Waals surface area contributed by atoms with E-state index in [4.69, 9.17) is 4.74 Å². The summed E-state index contributed by atoms with van der Waals surface area (Å²) >= 11 is 0. The fraction of sp³-hybridized carbons (Fsp3) is 0.348. The minimum Gasteiger partial charge on any atom is -0.449 e. The molecular weight excluding hydrogens is 398 g/mol. The van der Waals surface area contributed by atoms with Gasteiger partial charge in [0.15, 0.2) is 17.6 Å². The number of carbonyl (C=O) groups is 3. The SMILES string of the molecule is CCCn1nc(C(=O)O[C@H](C)C(=O)c2[nH]c(C)c(C(C)=O)c2C)c2ccccc2c1=O. The summed E-state index contributed by atoms with van der Waals surface area (Å²) in [6.45, 7) is 8.55. The van der Waals surface area contributed by atoms with Crippen LogP contribution in [0.25, 0.3) is 10.8 Å². The van der Waals surface area contributed by atoms with E-state index in [0.717, 1.165) is 0 Å². The molecule has 8 nitrogen and oxygen atoms in total. The van der Waals surface area contributed by atoms with E-state index in [1.165, 1.54) is 18.5 Å². The van der Waals surface area contributed by atoms with Gasteiger partial charge in [0, 0.05) is 23.2 Å². The van der Waals surface area contributed by atoms with Crippen LogP contribution < -0.4 is 5.56 Å². The number of rotatable bonds is 7. The predicted molar refractivity (Wildman–Crippen MR) is 116 cm³/mol. The third kappa shape index (κ3) is 4.05. The molecule has 1 N–H and O–H groups in total. The summed E-state index contributed by atoms with van der Waals surface area (Å²) < 4.78 is 6.67. The van der Waals surface area contributed by atoms with Crippen LogP contribution in [0, 0.1) is 13.8 Å². The van der Waals surface area contributed by atoms with Crippen molar-refractivity contribution in [2.75, 3.05) is 0 Å². The number of H-pyrrole nitrogens is 1. The van der Waals surface area contributed by atoms with Gasteiger partial charge >= 0.3 is 5.97 Å². The van der Waals surface area contributed by atoms with E-state index in [2.05, 4.69) is 10.1 Å². The fourth-order valence-corrected chi connectivity index (χ4v) is 3.75. The predicted octanol–water partition coefficient (Wildman–Crippen LogP) is 3.38. The van der Waals surface area contributed by atoms with Crippen LogP contribution >= 0.6 is 0 Å². The Morgan fingerprint density at radius 3 is 2.39 bits per heavy atom. The molecule has 0 aliphatic rings. The Morgan fingerprint density at radius 2 is 1.81 bits per heavy atom. The van der Waals surface area contributed by atoms with Crippen LogP contribution in [0.3, 0.4) is 0 Å². The number of ether oxygens (including phenoxy) is 1. The second-order valence-electron chi connectivity index (χ2n) is 7.52. The molecule has 8 heteroatoms. The van der Waals surface area contributed by atoms with Crippen molar-refractivity contribution in [3.63, 3.8) is 0 Å². The molecule has 0 fully saturated rings. The highest BCUT2D eigenvalue weighted by molar-refractivity contribution is 6.07. The zero-order valence-corrected chi connectivity index (χ0v) is 18.2. The highest BCUT2D eigenvalue weighted by atomic mass is 16.5. The van der Waals surface area contributed by atoms with Gasteiger partial charge in [-0.2, -0.15) is 5.10 Å². The van der Waals surface area contributed by atoms with Crippen molar-refractivity contribution in [2.24, 2.45) is 0 Å². The third-order valence-electron chi connectivity index (χ3n) is 5.19. The number of ketones is 2. The van der Waals surface area contributed by atoms with Crippen molar-refractivity contribution in [3.05, 3.63) is 62.8 Å². The van der Waals surface area contributed by atoms with Gasteiger partial charge in [-0.1, -0.05) is 25.1 Å². The third-order valence-corrected chi connectivity index (χ3v) is 5.19. The number of nitrogens with one attached hydrogen (secondary N) is 1. The van der Waals surface area contributed by atoms with Gasteiger partial charge in [0.1, 0.15) is 0 Å². The smallest absolute Gasteiger partial charge is 0.360 e. The lowest BCUT2D eigenvalue weighted by atomic mass is 10.0. The molecule has 1 aromatic carbocycles. The van der Waals surface area contributed by atoms with Gasteiger partial charge in [-0.3, -0.25) is 14.4 Å². The second kappa shape index (κ2) is 8.67. The van der Waals surface area contributed by atoms with E-state index in [9.17, 15) is 19.2 Å². The highest BCUT2D eigenvalue weighted by Gasteiger charge is 2.28. The number of aromatic nitrogens is 3. The summed E-state index contributed by atoms with van der Waals surface area (Å²) in [6, 6.07) is 6.67. The summed E-state index contributed by atoms with van der Waals surface area (Å²) in [5, 5.41) is 4.93. The number of aromatic amines is 1. The molecule has 2 aromatic heterocycles. The van der Waals surface area contributed by atoms with Gasteiger partial charge < -0.3 is 9.72 Å². The number of carbonyl (C=O) groups excluding carboxylic acids is 3. The first kappa shape index (κ1) is 22.1. The standard InChI is InChI=1S/C23H25N3O5/c1-6-11-26-22(29)17-10-8-7-9-16(17)20(25-26)23(30)31-15(5)21(28)19-12(2)18(14(4)27)13(3)24-19/h7-10,15,24H,6,11H2,1-5H3/t15-/m1/s1. The van der Waals surface area contributed by atoms with Crippen molar-refractivity contribution in [3.8, 4) is 0 Å². The molecule has 1 atom stereocenters. The van der Waals surface area contributed by atoms with Gasteiger partial charge in [-0.15, -0.1) is 0 Å². The number of Topliss-reactive ketones (excluding diaryl/α,β-unsaturated/α-hetero) is 2. The van der Waals surface area contributed by atoms with Crippen LogP contribution in [0.15, 0.2) is 29.1 Å². The van der Waals surface area contributed by atoms with Gasteiger partial charge in [0.25, 0.3) is 5.56 Å². The Bertz CT molecular complexity index is 1250. The molecule has 3 aromatic rings. The van der Waals surface area contributed by atoms with E-state index >= 15 is 0 Å². The van der Waals surface area contributed by atoms with Gasteiger partial charge in [-0.05, 0) is 45.7 Å². The Labute approximate surface area is 179 Å². The van der Waals surface area contributed by atoms with Crippen LogP contribution in [0.4, 0.5) is 0 Å². The molecule has 0 saturated carbocycles. The van der Waals surface area contributed by atoms with E-state index in [-0.39, 0.29) is 22.7 Å². The normalized spacial score (nSPS) is 12.0. The Kier molecular flexibility index (Phi) is 6.19. The number of esters is 1. The summed E-state index contributed by atoms with van der Waals surface area (Å²) in [4.78, 5) is 53.2. The molecule has 162 valence electrons. The molecule has 0 unspecified atom stereocenters. The Balaban J connectivity index is 1.95. The van der Waals surface area contributed by atoms with Crippen molar-refractivity contribution < 1.29 is 19.1 Å². The highest BCUT2D eigenvalue weighted by Crippen LogP contribution is 2.21. The lowest BCUT2D eigenvalue weighted by Gasteiger charge is -2.14. The maximum absolute atomic E-state index is 12.9. The molecule has 2 heterocycles. The quantitative estimate of drug-likeness (QED) is 0.461. The lowest BCUT2D eigenvalue weighted by Crippen LogP contribution is -2.29. The monoisotopic (exact) mass is 423 g/mol. The Morgan fingerprint density at radius 1 is 1.16 bits per heavy atom. The molecule has 0 bridgehead atoms. The molecule has 0 saturated heterocycles. The number of benzene rings is 1. The van der Waals surface area contributed by atoms with E-state index in [1.54, 1.807) is 38.1 Å². The minimum absolute atomic E-state index is 0.0212. The van der Waals surface area contributed by atoms with Crippen LogP contribution in [-0.4, -0.2) is 38.4 Å². The molecule has 3 rings (SSSR count). The summed E-state index contributed by atoms with van der Waals surface area (Å²) in [5.41, 5.74) is 1.50. The van der Waals surface area contributed by atoms with Crippen molar-refractivity contribution in [1.29, 1.82) is 0 Å². The lowest BCUT2D eigenvalue weighted by molar-refractivity contribution is 0.0311. The van der Waals surface area contributed by atoms with Crippen LogP contribution in [-0.2, 0) is 11.3 Å². The van der Waals surface area contributed by atoms with Crippen molar-refractivity contribution >= 4 is 28.3 Å². The van der Waals surface area contributed by atoms with Crippen LogP contribution in [0.2, 0.25) is 0 Å². The summed E-state index contributed by atoms with van der Waals surface area (Å²) in [7, 11) is 0. The molecule has 0 aliphatic carbocycles. The molecular formula is C23H25N3O5. The Hall–Kier alpha value is -3.55. The second-order valence-corrected chi connectivity index (χ2v) is 7.52. The largest absolute Gasteiger partial charge is 0.449 e. The van der Waals surface area contributed by atoms with E-state index in [0.29, 0.717) is 40.6 Å². The maximum atomic E-state index is 12.9. The van der Waals surface area contributed by atoms with Crippen LogP contribution in [0.5, 0.6) is 0 Å². The van der Waals surface area contributed by atoms with Crippen molar-refractivity contribution in [1.82, 2.24) is 14.8 Å². The summed E-state index contributed by atoms with van der Waals surface area (Å²) in [6.07, 6.45) is -0.449. The summed E-state index contributed by atoms with van der Waals surface area (Å²) in [5.74, 6) is -1.40. The van der Waals surface area contributed by atoms with Gasteiger partial charge in [-0.25, -0.2) is 9.48 Å². The first-order valence-corrected chi connectivity index (χ1v) is 10.1. The number of aryl methyl sites for hydroxylation is 2. The van der Waals surface area contributed by atoms with Crippen molar-refractivity contribution in [2.45, 2.75) is 53.7 Å². The number of nitrogens with zero attached hydrogens (tertiary/aromatic N) is 2. The zero-order chi connectivity index (χ0) is 22.9. The first-order chi connectivity index (χ1) is 14.7. The topological polar surface area (TPSA) is 111 Å². The van der Waals surface area contributed by atoms with Gasteiger partial charge in [0.2, 0.25) is 5.78 Å². The fourth-order valence-electron chi connectivity index (χ4n) is 3.75. The first-order valence-electron chi connectivity index (χ1n) is 10.1. The molecule has 0 aliphatic heterocycles. The zero-order valence-electron chi connectivity index (χ0n) is 18.2. The number of hydrogen-bond donors (Lipinski definition) is 1. The minimum atomic E-state index is -1.11. The molecule has 0 radical (unpaired) electrons. The van der Waals surface area contributed by atoms with Crippen LogP contribution in [0.1, 0.15) is 69.8 Å². The number of hydrogen-bond acceptors (Lipinski definition) is 6. The maximum Gasteiger partial charge on any atom is 0.360 e. The van der Waals surface area contributed by atoms with E-state index < -0.39 is 17.9 Å². The number of fused-ring (bicyclic) bond motifs is 1. The average Bonchev–Trinajstić information content (AvgIpc) is 3.03.